The van der Waals surface area contributed by atoms with Gasteiger partial charge in [0, 0.05) is 0 Å². The molecule has 2 atom stereocenters. The van der Waals surface area contributed by atoms with Crippen LogP contribution in [-0.4, -0.2) is 31.1 Å². The van der Waals surface area contributed by atoms with Crippen LogP contribution in [0.25, 0.3) is 0 Å². The number of carbonyl (C=O) groups is 2. The van der Waals surface area contributed by atoms with E-state index in [0.29, 0.717) is 13.0 Å². The molecular weight excluding hydrogens is 280 g/mol. The van der Waals surface area contributed by atoms with Crippen molar-refractivity contribution < 1.29 is 19.1 Å². The summed E-state index contributed by atoms with van der Waals surface area (Å²) in [7, 11) is 1.33. The standard InChI is InChI=1S/C18H34O4/c1-12(2)14(15(13(3)19)16(20)21-9)10-18(7,8)22-11-17(4,5)6/h12,14-15H,10-11H2,1-9H3. The molecule has 0 saturated heterocycles. The lowest BCUT2D eigenvalue weighted by atomic mass is 9.75. The van der Waals surface area contributed by atoms with Crippen molar-refractivity contribution in [2.24, 2.45) is 23.2 Å². The third-order valence-corrected chi connectivity index (χ3v) is 3.80. The molecule has 0 aliphatic heterocycles. The van der Waals surface area contributed by atoms with Crippen molar-refractivity contribution >= 4 is 11.8 Å². The van der Waals surface area contributed by atoms with E-state index < -0.39 is 17.5 Å². The molecule has 0 fully saturated rings. The number of hydrogen-bond donors (Lipinski definition) is 0. The zero-order valence-electron chi connectivity index (χ0n) is 15.8. The Labute approximate surface area is 135 Å². The maximum Gasteiger partial charge on any atom is 0.316 e. The first-order valence-electron chi connectivity index (χ1n) is 8.03. The molecule has 4 heteroatoms. The molecule has 0 N–H and O–H groups in total. The molecule has 0 aliphatic rings. The molecule has 0 aliphatic carbocycles. The number of rotatable bonds is 8. The van der Waals surface area contributed by atoms with Gasteiger partial charge in [-0.15, -0.1) is 0 Å². The van der Waals surface area contributed by atoms with E-state index >= 15 is 0 Å². The number of ether oxygens (including phenoxy) is 2. The van der Waals surface area contributed by atoms with Gasteiger partial charge in [-0.2, -0.15) is 0 Å². The molecule has 2 unspecified atom stereocenters. The molecule has 130 valence electrons. The Hall–Kier alpha value is -0.900. The maximum absolute atomic E-state index is 12.0. The van der Waals surface area contributed by atoms with Gasteiger partial charge in [0.05, 0.1) is 19.3 Å². The van der Waals surface area contributed by atoms with Crippen LogP contribution in [0.2, 0.25) is 0 Å². The lowest BCUT2D eigenvalue weighted by molar-refractivity contribution is -0.154. The number of esters is 1. The van der Waals surface area contributed by atoms with Gasteiger partial charge < -0.3 is 9.47 Å². The number of methoxy groups -OCH3 is 1. The van der Waals surface area contributed by atoms with Crippen molar-refractivity contribution in [3.8, 4) is 0 Å². The summed E-state index contributed by atoms with van der Waals surface area (Å²) < 4.78 is 10.9. The zero-order valence-corrected chi connectivity index (χ0v) is 15.8. The molecule has 0 aromatic carbocycles. The summed E-state index contributed by atoms with van der Waals surface area (Å²) in [5, 5.41) is 0. The van der Waals surface area contributed by atoms with Crippen molar-refractivity contribution in [2.45, 2.75) is 67.4 Å². The second kappa shape index (κ2) is 8.09. The van der Waals surface area contributed by atoms with Crippen molar-refractivity contribution in [1.82, 2.24) is 0 Å². The maximum atomic E-state index is 12.0. The second-order valence-electron chi connectivity index (χ2n) is 8.33. The summed E-state index contributed by atoms with van der Waals surface area (Å²) in [6, 6.07) is 0. The minimum absolute atomic E-state index is 0.0763. The lowest BCUT2D eigenvalue weighted by Crippen LogP contribution is -2.40. The lowest BCUT2D eigenvalue weighted by Gasteiger charge is -2.36. The van der Waals surface area contributed by atoms with E-state index in [2.05, 4.69) is 20.8 Å². The van der Waals surface area contributed by atoms with Crippen LogP contribution in [0.15, 0.2) is 0 Å². The highest BCUT2D eigenvalue weighted by Crippen LogP contribution is 2.34. The van der Waals surface area contributed by atoms with Crippen molar-refractivity contribution in [2.75, 3.05) is 13.7 Å². The highest BCUT2D eigenvalue weighted by molar-refractivity contribution is 5.98. The van der Waals surface area contributed by atoms with Crippen LogP contribution in [-0.2, 0) is 19.1 Å². The third kappa shape index (κ3) is 7.39. The first-order valence-corrected chi connectivity index (χ1v) is 8.03. The van der Waals surface area contributed by atoms with Gasteiger partial charge in [-0.05, 0) is 44.4 Å². The molecule has 22 heavy (non-hydrogen) atoms. The predicted octanol–water partition coefficient (Wildman–Crippen LogP) is 3.87. The van der Waals surface area contributed by atoms with Gasteiger partial charge in [0.2, 0.25) is 0 Å². The topological polar surface area (TPSA) is 52.6 Å². The van der Waals surface area contributed by atoms with Crippen molar-refractivity contribution in [3.63, 3.8) is 0 Å². The normalized spacial score (nSPS) is 15.5. The van der Waals surface area contributed by atoms with Gasteiger partial charge >= 0.3 is 5.97 Å². The summed E-state index contributed by atoms with van der Waals surface area (Å²) in [5.74, 6) is -1.22. The predicted molar refractivity (Wildman–Crippen MR) is 88.6 cm³/mol. The molecule has 0 bridgehead atoms. The average molecular weight is 314 g/mol. The smallest absolute Gasteiger partial charge is 0.316 e. The van der Waals surface area contributed by atoms with Gasteiger partial charge in [0.25, 0.3) is 0 Å². The Morgan fingerprint density at radius 2 is 1.55 bits per heavy atom. The fraction of sp³-hybridized carbons (Fsp3) is 0.889. The summed E-state index contributed by atoms with van der Waals surface area (Å²) in [5.41, 5.74) is -0.323. The molecule has 0 spiro atoms. The van der Waals surface area contributed by atoms with Crippen molar-refractivity contribution in [1.29, 1.82) is 0 Å². The molecule has 0 rings (SSSR count). The second-order valence-corrected chi connectivity index (χ2v) is 8.33. The van der Waals surface area contributed by atoms with E-state index in [4.69, 9.17) is 9.47 Å². The van der Waals surface area contributed by atoms with E-state index in [1.807, 2.05) is 27.7 Å². The summed E-state index contributed by atoms with van der Waals surface area (Å²) in [4.78, 5) is 24.0. The van der Waals surface area contributed by atoms with E-state index in [1.165, 1.54) is 14.0 Å². The third-order valence-electron chi connectivity index (χ3n) is 3.80. The molecule has 0 saturated carbocycles. The largest absolute Gasteiger partial charge is 0.468 e. The molecule has 4 nitrogen and oxygen atoms in total. The van der Waals surface area contributed by atoms with Crippen LogP contribution in [0.5, 0.6) is 0 Å². The molecule has 0 aromatic rings. The summed E-state index contributed by atoms with van der Waals surface area (Å²) in [6.45, 7) is 16.5. The SMILES string of the molecule is COC(=O)C(C(C)=O)C(CC(C)(C)OCC(C)(C)C)C(C)C. The fourth-order valence-corrected chi connectivity index (χ4v) is 2.55. The Morgan fingerprint density at radius 1 is 1.05 bits per heavy atom. The highest BCUT2D eigenvalue weighted by Gasteiger charge is 2.39. The summed E-state index contributed by atoms with van der Waals surface area (Å²) in [6.07, 6.45) is 0.639. The van der Waals surface area contributed by atoms with Crippen LogP contribution in [0.4, 0.5) is 0 Å². The van der Waals surface area contributed by atoms with E-state index in [1.54, 1.807) is 0 Å². The van der Waals surface area contributed by atoms with Gasteiger partial charge in [-0.1, -0.05) is 34.6 Å². The van der Waals surface area contributed by atoms with Crippen molar-refractivity contribution in [3.05, 3.63) is 0 Å². The quantitative estimate of drug-likeness (QED) is 0.504. The van der Waals surface area contributed by atoms with Crippen LogP contribution >= 0.6 is 0 Å². The van der Waals surface area contributed by atoms with Crippen LogP contribution in [0, 0.1) is 23.2 Å². The average Bonchev–Trinajstić information content (AvgIpc) is 2.34. The van der Waals surface area contributed by atoms with Gasteiger partial charge in [0.1, 0.15) is 11.7 Å². The Bertz CT molecular complexity index is 377. The monoisotopic (exact) mass is 314 g/mol. The van der Waals surface area contributed by atoms with Gasteiger partial charge in [-0.3, -0.25) is 9.59 Å². The Kier molecular flexibility index (Phi) is 7.76. The van der Waals surface area contributed by atoms with Crippen LogP contribution in [0.1, 0.15) is 61.8 Å². The number of carbonyl (C=O) groups excluding carboxylic acids is 2. The fourth-order valence-electron chi connectivity index (χ4n) is 2.55. The minimum atomic E-state index is -0.720. The van der Waals surface area contributed by atoms with Crippen LogP contribution in [0.3, 0.4) is 0 Å². The molecule has 0 aromatic heterocycles. The number of ketones is 1. The number of Topliss-reactive ketones (excluding diaryl/α,β-unsaturated/α-hetero) is 1. The highest BCUT2D eigenvalue weighted by atomic mass is 16.5. The van der Waals surface area contributed by atoms with E-state index in [0.717, 1.165) is 0 Å². The zero-order chi connectivity index (χ0) is 17.7. The minimum Gasteiger partial charge on any atom is -0.468 e. The molecule has 0 amide bonds. The Balaban J connectivity index is 5.17. The molecule has 0 heterocycles. The van der Waals surface area contributed by atoms with Gasteiger partial charge in [0.15, 0.2) is 0 Å². The summed E-state index contributed by atoms with van der Waals surface area (Å²) >= 11 is 0. The first-order chi connectivity index (χ1) is 9.80. The number of hydrogen-bond acceptors (Lipinski definition) is 4. The van der Waals surface area contributed by atoms with E-state index in [-0.39, 0.29) is 23.0 Å². The van der Waals surface area contributed by atoms with Crippen LogP contribution < -0.4 is 0 Å². The van der Waals surface area contributed by atoms with Gasteiger partial charge in [-0.25, -0.2) is 0 Å². The van der Waals surface area contributed by atoms with E-state index in [9.17, 15) is 9.59 Å². The molecule has 0 radical (unpaired) electrons. The first kappa shape index (κ1) is 21.1. The Morgan fingerprint density at radius 3 is 1.86 bits per heavy atom. The molecular formula is C18H34O4.